The predicted octanol–water partition coefficient (Wildman–Crippen LogP) is 5.27. The molecular weight excluding hydrogens is 547 g/mol. The van der Waals surface area contributed by atoms with Gasteiger partial charge < -0.3 is 24.6 Å². The van der Waals surface area contributed by atoms with Crippen molar-refractivity contribution in [3.8, 4) is 11.5 Å². The molecule has 0 amide bonds. The fourth-order valence-corrected chi connectivity index (χ4v) is 5.56. The SMILES string of the molecule is CN(C)c1nccc(N2CCc3cc(OC(=O)C(F)(F)F)ccc3C2Cc2ccc(OCCC3CCCCN3)cc2)n1. The zero-order chi connectivity index (χ0) is 29.7. The van der Waals surface area contributed by atoms with Crippen molar-refractivity contribution in [3.05, 3.63) is 71.4 Å². The molecule has 3 heterocycles. The number of piperidine rings is 1. The molecule has 2 aliphatic heterocycles. The largest absolute Gasteiger partial charge is 0.494 e. The summed E-state index contributed by atoms with van der Waals surface area (Å²) in [4.78, 5) is 24.5. The van der Waals surface area contributed by atoms with E-state index in [1.54, 1.807) is 12.3 Å². The van der Waals surface area contributed by atoms with Gasteiger partial charge >= 0.3 is 12.1 Å². The minimum Gasteiger partial charge on any atom is -0.494 e. The maximum absolute atomic E-state index is 12.8. The van der Waals surface area contributed by atoms with Crippen molar-refractivity contribution >= 4 is 17.7 Å². The van der Waals surface area contributed by atoms with E-state index >= 15 is 0 Å². The molecule has 1 fully saturated rings. The molecule has 2 atom stereocenters. The van der Waals surface area contributed by atoms with Gasteiger partial charge in [-0.1, -0.05) is 24.6 Å². The first-order valence-electron chi connectivity index (χ1n) is 14.3. The standard InChI is InChI=1S/C31H36F3N5O3/c1-38(2)30-36-16-12-28(37-30)39-17-13-22-20-25(42-29(40)31(32,33)34)10-11-26(22)27(39)19-21-6-8-24(9-7-21)41-18-14-23-5-3-4-15-35-23/h6-12,16,20,23,27,35H,3-5,13-15,17-19H2,1-2H3. The van der Waals surface area contributed by atoms with Crippen LogP contribution in [0.25, 0.3) is 0 Å². The molecule has 2 aliphatic rings. The van der Waals surface area contributed by atoms with E-state index in [9.17, 15) is 18.0 Å². The maximum atomic E-state index is 12.8. The van der Waals surface area contributed by atoms with Crippen LogP contribution >= 0.6 is 0 Å². The van der Waals surface area contributed by atoms with E-state index in [1.165, 1.54) is 31.4 Å². The lowest BCUT2D eigenvalue weighted by Crippen LogP contribution is -2.37. The summed E-state index contributed by atoms with van der Waals surface area (Å²) in [6.07, 6.45) is 2.50. The molecule has 2 unspecified atom stereocenters. The van der Waals surface area contributed by atoms with Gasteiger partial charge in [0.2, 0.25) is 5.95 Å². The third kappa shape index (κ3) is 7.31. The van der Waals surface area contributed by atoms with Crippen LogP contribution in [0.15, 0.2) is 54.7 Å². The maximum Gasteiger partial charge on any atom is 0.491 e. The van der Waals surface area contributed by atoms with E-state index in [1.807, 2.05) is 49.3 Å². The average Bonchev–Trinajstić information content (AvgIpc) is 2.98. The van der Waals surface area contributed by atoms with Gasteiger partial charge in [-0.3, -0.25) is 0 Å². The van der Waals surface area contributed by atoms with Crippen LogP contribution in [0.4, 0.5) is 24.9 Å². The Labute approximate surface area is 243 Å². The summed E-state index contributed by atoms with van der Waals surface area (Å²) in [6, 6.07) is 15.0. The molecule has 224 valence electrons. The number of hydrogen-bond donors (Lipinski definition) is 1. The topological polar surface area (TPSA) is 79.8 Å². The Hall–Kier alpha value is -3.86. The molecule has 1 aromatic heterocycles. The quantitative estimate of drug-likeness (QED) is 0.270. The average molecular weight is 584 g/mol. The molecule has 1 N–H and O–H groups in total. The minimum atomic E-state index is -5.06. The molecule has 2 aromatic carbocycles. The highest BCUT2D eigenvalue weighted by atomic mass is 19.4. The van der Waals surface area contributed by atoms with Gasteiger partial charge in [-0.05, 0) is 85.7 Å². The number of aromatic nitrogens is 2. The van der Waals surface area contributed by atoms with E-state index in [2.05, 4.69) is 19.9 Å². The predicted molar refractivity (Wildman–Crippen MR) is 154 cm³/mol. The Morgan fingerprint density at radius 3 is 2.60 bits per heavy atom. The fraction of sp³-hybridized carbons (Fsp3) is 0.452. The number of anilines is 2. The Bertz CT molecular complexity index is 1360. The number of hydrogen-bond acceptors (Lipinski definition) is 8. The fourth-order valence-electron chi connectivity index (χ4n) is 5.56. The lowest BCUT2D eigenvalue weighted by Gasteiger charge is -2.38. The number of benzene rings is 2. The van der Waals surface area contributed by atoms with Crippen LogP contribution in [0.2, 0.25) is 0 Å². The number of carbonyl (C=O) groups is 1. The van der Waals surface area contributed by atoms with Gasteiger partial charge in [0, 0.05) is 32.9 Å². The molecule has 3 aromatic rings. The second-order valence-corrected chi connectivity index (χ2v) is 10.9. The first-order valence-corrected chi connectivity index (χ1v) is 14.3. The van der Waals surface area contributed by atoms with E-state index < -0.39 is 12.1 Å². The Kier molecular flexibility index (Phi) is 9.15. The van der Waals surface area contributed by atoms with Crippen molar-refractivity contribution < 1.29 is 27.4 Å². The lowest BCUT2D eigenvalue weighted by atomic mass is 9.88. The van der Waals surface area contributed by atoms with Crippen LogP contribution in [-0.4, -0.2) is 61.9 Å². The number of nitrogens with one attached hydrogen (secondary N) is 1. The highest BCUT2D eigenvalue weighted by Gasteiger charge is 2.41. The summed E-state index contributed by atoms with van der Waals surface area (Å²) in [7, 11) is 3.75. The molecule has 42 heavy (non-hydrogen) atoms. The number of fused-ring (bicyclic) bond motifs is 1. The van der Waals surface area contributed by atoms with Crippen molar-refractivity contribution in [1.29, 1.82) is 0 Å². The zero-order valence-corrected chi connectivity index (χ0v) is 23.9. The molecular formula is C31H36F3N5O3. The van der Waals surface area contributed by atoms with E-state index in [-0.39, 0.29) is 11.8 Å². The van der Waals surface area contributed by atoms with Crippen LogP contribution in [-0.2, 0) is 17.6 Å². The number of carbonyl (C=O) groups excluding carboxylic acids is 1. The minimum absolute atomic E-state index is 0.120. The summed E-state index contributed by atoms with van der Waals surface area (Å²) < 4.78 is 49.0. The normalized spacial score (nSPS) is 18.7. The molecule has 0 aliphatic carbocycles. The summed E-state index contributed by atoms with van der Waals surface area (Å²) in [5, 5.41) is 3.54. The molecule has 0 saturated carbocycles. The third-order valence-corrected chi connectivity index (χ3v) is 7.74. The second-order valence-electron chi connectivity index (χ2n) is 10.9. The molecule has 5 rings (SSSR count). The van der Waals surface area contributed by atoms with Gasteiger partial charge in [0.25, 0.3) is 0 Å². The number of esters is 1. The molecule has 1 saturated heterocycles. The van der Waals surface area contributed by atoms with Gasteiger partial charge in [0.15, 0.2) is 0 Å². The molecule has 0 bridgehead atoms. The summed E-state index contributed by atoms with van der Waals surface area (Å²) in [6.45, 7) is 2.31. The van der Waals surface area contributed by atoms with Gasteiger partial charge in [-0.2, -0.15) is 18.2 Å². The van der Waals surface area contributed by atoms with Gasteiger partial charge in [-0.25, -0.2) is 9.78 Å². The summed E-state index contributed by atoms with van der Waals surface area (Å²) in [5.41, 5.74) is 2.86. The summed E-state index contributed by atoms with van der Waals surface area (Å²) >= 11 is 0. The zero-order valence-electron chi connectivity index (χ0n) is 23.9. The molecule has 11 heteroatoms. The van der Waals surface area contributed by atoms with Crippen LogP contribution in [0.1, 0.15) is 48.4 Å². The smallest absolute Gasteiger partial charge is 0.491 e. The Morgan fingerprint density at radius 2 is 1.88 bits per heavy atom. The van der Waals surface area contributed by atoms with E-state index in [4.69, 9.17) is 9.72 Å². The highest BCUT2D eigenvalue weighted by Crippen LogP contribution is 2.37. The second kappa shape index (κ2) is 13.0. The molecule has 0 radical (unpaired) electrons. The van der Waals surface area contributed by atoms with Gasteiger partial charge in [-0.15, -0.1) is 0 Å². The first-order chi connectivity index (χ1) is 20.2. The van der Waals surface area contributed by atoms with Crippen LogP contribution < -0.4 is 24.6 Å². The molecule has 0 spiro atoms. The van der Waals surface area contributed by atoms with Crippen molar-refractivity contribution in [3.63, 3.8) is 0 Å². The van der Waals surface area contributed by atoms with E-state index in [0.717, 1.165) is 41.2 Å². The summed E-state index contributed by atoms with van der Waals surface area (Å²) in [5.74, 6) is -0.196. The van der Waals surface area contributed by atoms with Crippen LogP contribution in [0.3, 0.4) is 0 Å². The van der Waals surface area contributed by atoms with Crippen molar-refractivity contribution in [2.24, 2.45) is 0 Å². The lowest BCUT2D eigenvalue weighted by molar-refractivity contribution is -0.189. The van der Waals surface area contributed by atoms with Crippen LogP contribution in [0, 0.1) is 0 Å². The van der Waals surface area contributed by atoms with Crippen molar-refractivity contribution in [1.82, 2.24) is 15.3 Å². The van der Waals surface area contributed by atoms with Gasteiger partial charge in [0.05, 0.1) is 12.6 Å². The third-order valence-electron chi connectivity index (χ3n) is 7.74. The highest BCUT2D eigenvalue weighted by molar-refractivity contribution is 5.78. The first kappa shape index (κ1) is 29.6. The number of halogens is 3. The van der Waals surface area contributed by atoms with E-state index in [0.29, 0.717) is 38.0 Å². The number of nitrogens with zero attached hydrogens (tertiary/aromatic N) is 4. The number of ether oxygens (including phenoxy) is 2. The van der Waals surface area contributed by atoms with Gasteiger partial charge in [0.1, 0.15) is 17.3 Å². The van der Waals surface area contributed by atoms with Crippen LogP contribution in [0.5, 0.6) is 11.5 Å². The molecule has 8 nitrogen and oxygen atoms in total. The Balaban J connectivity index is 1.35. The van der Waals surface area contributed by atoms with Crippen molar-refractivity contribution in [2.45, 2.75) is 56.8 Å². The van der Waals surface area contributed by atoms with Crippen molar-refractivity contribution in [2.75, 3.05) is 43.6 Å². The monoisotopic (exact) mass is 583 g/mol. The number of rotatable bonds is 9. The number of alkyl halides is 3. The Morgan fingerprint density at radius 1 is 1.10 bits per heavy atom.